The Kier molecular flexibility index (Phi) is 5.86. The summed E-state index contributed by atoms with van der Waals surface area (Å²) in [5.41, 5.74) is 3.39. The van der Waals surface area contributed by atoms with Crippen molar-refractivity contribution in [2.24, 2.45) is 0 Å². The number of amides is 2. The third kappa shape index (κ3) is 4.53. The lowest BCUT2D eigenvalue weighted by Gasteiger charge is -2.10. The normalized spacial score (nSPS) is 10.7. The smallest absolute Gasteiger partial charge is 0.251 e. The molecular weight excluding hydrogens is 340 g/mol. The highest BCUT2D eigenvalue weighted by atomic mass is 16.2. The lowest BCUT2D eigenvalue weighted by atomic mass is 10.1. The number of fused-ring (bicyclic) bond motifs is 1. The van der Waals surface area contributed by atoms with Gasteiger partial charge in [0.1, 0.15) is 12.4 Å². The molecule has 6 nitrogen and oxygen atoms in total. The summed E-state index contributed by atoms with van der Waals surface area (Å²) in [6.45, 7) is 5.07. The van der Waals surface area contributed by atoms with Crippen LogP contribution >= 0.6 is 0 Å². The summed E-state index contributed by atoms with van der Waals surface area (Å²) in [6.07, 6.45) is 0.885. The summed E-state index contributed by atoms with van der Waals surface area (Å²) in [5, 5.41) is 5.78. The third-order valence-electron chi connectivity index (χ3n) is 4.33. The molecule has 0 aliphatic rings. The third-order valence-corrected chi connectivity index (χ3v) is 4.33. The number of aryl methyl sites for hydroxylation is 1. The Bertz CT molecular complexity index is 944. The summed E-state index contributed by atoms with van der Waals surface area (Å²) in [6, 6.07) is 15.1. The average molecular weight is 364 g/mol. The van der Waals surface area contributed by atoms with Gasteiger partial charge in [-0.2, -0.15) is 0 Å². The van der Waals surface area contributed by atoms with E-state index in [9.17, 15) is 9.59 Å². The van der Waals surface area contributed by atoms with Crippen molar-refractivity contribution in [3.8, 4) is 0 Å². The second-order valence-electron chi connectivity index (χ2n) is 6.50. The number of carbonyl (C=O) groups is 2. The number of para-hydroxylation sites is 2. The van der Waals surface area contributed by atoms with Crippen LogP contribution in [0.5, 0.6) is 0 Å². The van der Waals surface area contributed by atoms with Crippen molar-refractivity contribution in [2.75, 3.05) is 6.54 Å². The zero-order valence-electron chi connectivity index (χ0n) is 15.7. The zero-order chi connectivity index (χ0) is 19.2. The topological polar surface area (TPSA) is 76.0 Å². The van der Waals surface area contributed by atoms with E-state index in [1.807, 2.05) is 54.8 Å². The second-order valence-corrected chi connectivity index (χ2v) is 6.50. The molecule has 0 spiro atoms. The number of aromatic nitrogens is 2. The first-order valence-corrected chi connectivity index (χ1v) is 9.14. The van der Waals surface area contributed by atoms with Gasteiger partial charge in [0.05, 0.1) is 17.6 Å². The van der Waals surface area contributed by atoms with Crippen molar-refractivity contribution < 1.29 is 9.59 Å². The van der Waals surface area contributed by atoms with E-state index < -0.39 is 0 Å². The van der Waals surface area contributed by atoms with E-state index in [1.54, 1.807) is 12.1 Å². The van der Waals surface area contributed by atoms with E-state index in [1.165, 1.54) is 0 Å². The van der Waals surface area contributed by atoms with Crippen molar-refractivity contribution in [1.29, 1.82) is 0 Å². The average Bonchev–Trinajstić information content (AvgIpc) is 3.02. The summed E-state index contributed by atoms with van der Waals surface area (Å²) >= 11 is 0. The fraction of sp³-hybridized carbons (Fsp3) is 0.286. The maximum atomic E-state index is 12.4. The number of rotatable bonds is 7. The van der Waals surface area contributed by atoms with Crippen LogP contribution in [0.4, 0.5) is 0 Å². The highest BCUT2D eigenvalue weighted by Gasteiger charge is 2.14. The highest BCUT2D eigenvalue weighted by molar-refractivity contribution is 5.94. The van der Waals surface area contributed by atoms with Crippen LogP contribution in [0.1, 0.15) is 35.1 Å². The van der Waals surface area contributed by atoms with E-state index in [0.29, 0.717) is 17.9 Å². The van der Waals surface area contributed by atoms with Crippen molar-refractivity contribution in [1.82, 2.24) is 20.2 Å². The van der Waals surface area contributed by atoms with E-state index in [-0.39, 0.29) is 24.9 Å². The largest absolute Gasteiger partial charge is 0.355 e. The Morgan fingerprint density at radius 3 is 2.52 bits per heavy atom. The molecule has 0 saturated heterocycles. The molecule has 0 saturated carbocycles. The standard InChI is InChI=1S/C21H24N4O2/c1-3-12-22-20(26)14-25-18-7-5-4-6-17(18)24-19(25)13-23-21(27)16-10-8-15(2)9-11-16/h4-11H,3,12-14H2,1-2H3,(H,22,26)(H,23,27). The first kappa shape index (κ1) is 18.6. The minimum Gasteiger partial charge on any atom is -0.355 e. The van der Waals surface area contributed by atoms with Gasteiger partial charge < -0.3 is 15.2 Å². The molecular formula is C21H24N4O2. The SMILES string of the molecule is CCCNC(=O)Cn1c(CNC(=O)c2ccc(C)cc2)nc2ccccc21. The van der Waals surface area contributed by atoms with Crippen LogP contribution in [0.25, 0.3) is 11.0 Å². The zero-order valence-corrected chi connectivity index (χ0v) is 15.7. The van der Waals surface area contributed by atoms with Crippen molar-refractivity contribution in [3.63, 3.8) is 0 Å². The van der Waals surface area contributed by atoms with E-state index in [2.05, 4.69) is 15.6 Å². The molecule has 27 heavy (non-hydrogen) atoms. The molecule has 0 radical (unpaired) electrons. The molecule has 6 heteroatoms. The van der Waals surface area contributed by atoms with Gasteiger partial charge >= 0.3 is 0 Å². The lowest BCUT2D eigenvalue weighted by Crippen LogP contribution is -2.30. The number of nitrogens with zero attached hydrogens (tertiary/aromatic N) is 2. The maximum Gasteiger partial charge on any atom is 0.251 e. The monoisotopic (exact) mass is 364 g/mol. The molecule has 2 amide bonds. The predicted octanol–water partition coefficient (Wildman–Crippen LogP) is 2.80. The van der Waals surface area contributed by atoms with Crippen LogP contribution in [0.3, 0.4) is 0 Å². The van der Waals surface area contributed by atoms with Crippen LogP contribution < -0.4 is 10.6 Å². The van der Waals surface area contributed by atoms with Gasteiger partial charge in [0.15, 0.2) is 0 Å². The Hall–Kier alpha value is -3.15. The summed E-state index contributed by atoms with van der Waals surface area (Å²) in [4.78, 5) is 29.2. The molecule has 0 aliphatic heterocycles. The molecule has 3 rings (SSSR count). The molecule has 0 aliphatic carbocycles. The summed E-state index contributed by atoms with van der Waals surface area (Å²) < 4.78 is 1.86. The minimum atomic E-state index is -0.163. The summed E-state index contributed by atoms with van der Waals surface area (Å²) in [5.74, 6) is 0.429. The fourth-order valence-corrected chi connectivity index (χ4v) is 2.87. The van der Waals surface area contributed by atoms with Crippen molar-refractivity contribution >= 4 is 22.8 Å². The molecule has 2 N–H and O–H groups in total. The Balaban J connectivity index is 1.78. The van der Waals surface area contributed by atoms with Gasteiger partial charge in [0.2, 0.25) is 5.91 Å². The molecule has 0 unspecified atom stereocenters. The van der Waals surface area contributed by atoms with Crippen LogP contribution in [0.2, 0.25) is 0 Å². The highest BCUT2D eigenvalue weighted by Crippen LogP contribution is 2.16. The summed E-state index contributed by atoms with van der Waals surface area (Å²) in [7, 11) is 0. The lowest BCUT2D eigenvalue weighted by molar-refractivity contribution is -0.121. The number of carbonyl (C=O) groups excluding carboxylic acids is 2. The number of hydrogen-bond donors (Lipinski definition) is 2. The van der Waals surface area contributed by atoms with Crippen molar-refractivity contribution in [3.05, 3.63) is 65.5 Å². The maximum absolute atomic E-state index is 12.4. The second kappa shape index (κ2) is 8.49. The van der Waals surface area contributed by atoms with E-state index in [4.69, 9.17) is 0 Å². The Labute approximate surface area is 158 Å². The molecule has 0 atom stereocenters. The van der Waals surface area contributed by atoms with Gasteiger partial charge in [0, 0.05) is 12.1 Å². The first-order chi connectivity index (χ1) is 13.1. The molecule has 1 aromatic heterocycles. The molecule has 0 fully saturated rings. The van der Waals surface area contributed by atoms with Gasteiger partial charge in [-0.1, -0.05) is 36.8 Å². The number of hydrogen-bond acceptors (Lipinski definition) is 3. The first-order valence-electron chi connectivity index (χ1n) is 9.14. The molecule has 2 aromatic carbocycles. The van der Waals surface area contributed by atoms with Crippen LogP contribution in [-0.4, -0.2) is 27.9 Å². The van der Waals surface area contributed by atoms with E-state index >= 15 is 0 Å². The van der Waals surface area contributed by atoms with Crippen molar-refractivity contribution in [2.45, 2.75) is 33.4 Å². The molecule has 140 valence electrons. The number of nitrogens with one attached hydrogen (secondary N) is 2. The molecule has 1 heterocycles. The van der Waals surface area contributed by atoms with Gasteiger partial charge in [-0.25, -0.2) is 4.98 Å². The minimum absolute atomic E-state index is 0.0638. The fourth-order valence-electron chi connectivity index (χ4n) is 2.87. The molecule has 0 bridgehead atoms. The van der Waals surface area contributed by atoms with Crippen LogP contribution in [-0.2, 0) is 17.9 Å². The predicted molar refractivity (Wildman–Crippen MR) is 105 cm³/mol. The van der Waals surface area contributed by atoms with Crippen LogP contribution in [0, 0.1) is 6.92 Å². The number of imidazole rings is 1. The van der Waals surface area contributed by atoms with Gasteiger partial charge in [-0.3, -0.25) is 9.59 Å². The quantitative estimate of drug-likeness (QED) is 0.677. The number of benzene rings is 2. The van der Waals surface area contributed by atoms with E-state index in [0.717, 1.165) is 23.0 Å². The van der Waals surface area contributed by atoms with Gasteiger partial charge in [-0.05, 0) is 37.6 Å². The Morgan fingerprint density at radius 2 is 1.78 bits per heavy atom. The van der Waals surface area contributed by atoms with Gasteiger partial charge in [0.25, 0.3) is 5.91 Å². The Morgan fingerprint density at radius 1 is 1.04 bits per heavy atom. The van der Waals surface area contributed by atoms with Gasteiger partial charge in [-0.15, -0.1) is 0 Å². The van der Waals surface area contributed by atoms with Crippen LogP contribution in [0.15, 0.2) is 48.5 Å². The molecule has 3 aromatic rings.